The summed E-state index contributed by atoms with van der Waals surface area (Å²) < 4.78 is 5.48. The Bertz CT molecular complexity index is 354. The van der Waals surface area contributed by atoms with Crippen molar-refractivity contribution in [2.24, 2.45) is 0 Å². The monoisotopic (exact) mass is 217 g/mol. The summed E-state index contributed by atoms with van der Waals surface area (Å²) in [5.74, 6) is 3.59. The molecule has 1 rings (SSSR count). The summed E-state index contributed by atoms with van der Waals surface area (Å²) in [5, 5.41) is 3.27. The molecule has 0 aromatic heterocycles. The van der Waals surface area contributed by atoms with Crippen molar-refractivity contribution >= 4 is 0 Å². The second-order valence-electron chi connectivity index (χ2n) is 3.59. The Morgan fingerprint density at radius 3 is 2.94 bits per heavy atom. The van der Waals surface area contributed by atoms with Gasteiger partial charge in [0.2, 0.25) is 0 Å². The van der Waals surface area contributed by atoms with Gasteiger partial charge in [-0.1, -0.05) is 12.1 Å². The zero-order valence-corrected chi connectivity index (χ0v) is 9.99. The van der Waals surface area contributed by atoms with Gasteiger partial charge in [-0.25, -0.2) is 0 Å². The predicted octanol–water partition coefficient (Wildman–Crippen LogP) is 2.76. The van der Waals surface area contributed by atoms with Crippen LogP contribution in [0.15, 0.2) is 24.3 Å². The maximum Gasteiger partial charge on any atom is 0.119 e. The highest BCUT2D eigenvalue weighted by Crippen LogP contribution is 2.22. The number of rotatable bonds is 6. The smallest absolute Gasteiger partial charge is 0.119 e. The van der Waals surface area contributed by atoms with Crippen LogP contribution in [-0.4, -0.2) is 13.7 Å². The Labute approximate surface area is 98.0 Å². The molecule has 2 nitrogen and oxygen atoms in total. The second-order valence-corrected chi connectivity index (χ2v) is 3.59. The molecule has 0 aliphatic carbocycles. The fourth-order valence-corrected chi connectivity index (χ4v) is 1.69. The molecule has 1 N–H and O–H groups in total. The van der Waals surface area contributed by atoms with Crippen LogP contribution in [-0.2, 0) is 0 Å². The average Bonchev–Trinajstić information content (AvgIpc) is 2.31. The van der Waals surface area contributed by atoms with Gasteiger partial charge in [0.15, 0.2) is 0 Å². The van der Waals surface area contributed by atoms with E-state index in [2.05, 4.69) is 23.4 Å². The van der Waals surface area contributed by atoms with Crippen LogP contribution in [0.3, 0.4) is 0 Å². The maximum absolute atomic E-state index is 5.48. The highest BCUT2D eigenvalue weighted by Gasteiger charge is 2.08. The van der Waals surface area contributed by atoms with Crippen molar-refractivity contribution in [3.63, 3.8) is 0 Å². The highest BCUT2D eigenvalue weighted by atomic mass is 16.5. The van der Waals surface area contributed by atoms with Crippen LogP contribution in [0.2, 0.25) is 0 Å². The molecule has 86 valence electrons. The minimum absolute atomic E-state index is 0.302. The first-order valence-electron chi connectivity index (χ1n) is 5.65. The summed E-state index contributed by atoms with van der Waals surface area (Å²) in [6.07, 6.45) is 7.01. The topological polar surface area (TPSA) is 21.3 Å². The molecular formula is C14H19NO. The van der Waals surface area contributed by atoms with Gasteiger partial charge in [-0.05, 0) is 38.1 Å². The van der Waals surface area contributed by atoms with E-state index in [4.69, 9.17) is 11.2 Å². The van der Waals surface area contributed by atoms with E-state index in [0.717, 1.165) is 18.6 Å². The lowest BCUT2D eigenvalue weighted by atomic mass is 10.0. The molecule has 0 heterocycles. The summed E-state index contributed by atoms with van der Waals surface area (Å²) >= 11 is 0. The van der Waals surface area contributed by atoms with Crippen molar-refractivity contribution < 1.29 is 4.74 Å². The van der Waals surface area contributed by atoms with Crippen molar-refractivity contribution in [2.75, 3.05) is 13.7 Å². The van der Waals surface area contributed by atoms with Gasteiger partial charge in [0.25, 0.3) is 0 Å². The van der Waals surface area contributed by atoms with Gasteiger partial charge in [-0.15, -0.1) is 12.3 Å². The van der Waals surface area contributed by atoms with Crippen LogP contribution in [0, 0.1) is 12.3 Å². The summed E-state index contributed by atoms with van der Waals surface area (Å²) in [4.78, 5) is 0. The first-order chi connectivity index (χ1) is 7.81. The van der Waals surface area contributed by atoms with E-state index in [-0.39, 0.29) is 0 Å². The molecule has 0 spiro atoms. The standard InChI is InChI=1S/C14H19NO/c1-4-6-10-14(15-3)12-8-7-9-13(11-12)16-5-2/h1,7-9,11,14-15H,5-6,10H2,2-3H3. The van der Waals surface area contributed by atoms with Crippen molar-refractivity contribution in [2.45, 2.75) is 25.8 Å². The predicted molar refractivity (Wildman–Crippen MR) is 67.5 cm³/mol. The van der Waals surface area contributed by atoms with Crippen LogP contribution < -0.4 is 10.1 Å². The van der Waals surface area contributed by atoms with E-state index < -0.39 is 0 Å². The third kappa shape index (κ3) is 3.60. The maximum atomic E-state index is 5.48. The van der Waals surface area contributed by atoms with E-state index >= 15 is 0 Å². The molecular weight excluding hydrogens is 198 g/mol. The first-order valence-corrected chi connectivity index (χ1v) is 5.65. The molecule has 0 saturated heterocycles. The van der Waals surface area contributed by atoms with E-state index in [1.54, 1.807) is 0 Å². The molecule has 0 saturated carbocycles. The number of benzene rings is 1. The quantitative estimate of drug-likeness (QED) is 0.740. The molecule has 1 aromatic carbocycles. The van der Waals surface area contributed by atoms with Crippen molar-refractivity contribution in [1.29, 1.82) is 0 Å². The lowest BCUT2D eigenvalue weighted by molar-refractivity contribution is 0.339. The summed E-state index contributed by atoms with van der Waals surface area (Å²) in [6.45, 7) is 2.68. The fraction of sp³-hybridized carbons (Fsp3) is 0.429. The number of hydrogen-bond acceptors (Lipinski definition) is 2. The van der Waals surface area contributed by atoms with Gasteiger partial charge in [0, 0.05) is 12.5 Å². The Hall–Kier alpha value is -1.46. The average molecular weight is 217 g/mol. The largest absolute Gasteiger partial charge is 0.494 e. The van der Waals surface area contributed by atoms with E-state index in [0.29, 0.717) is 12.6 Å². The Kier molecular flexibility index (Phi) is 5.45. The third-order valence-electron chi connectivity index (χ3n) is 2.50. The second kappa shape index (κ2) is 6.92. The first kappa shape index (κ1) is 12.6. The molecule has 0 amide bonds. The fourth-order valence-electron chi connectivity index (χ4n) is 1.69. The molecule has 0 fully saturated rings. The molecule has 0 aliphatic heterocycles. The molecule has 0 radical (unpaired) electrons. The number of terminal acetylenes is 1. The molecule has 0 aliphatic rings. The van der Waals surface area contributed by atoms with E-state index in [1.807, 2.05) is 26.1 Å². The van der Waals surface area contributed by atoms with E-state index in [9.17, 15) is 0 Å². The van der Waals surface area contributed by atoms with Crippen molar-refractivity contribution in [1.82, 2.24) is 5.32 Å². The highest BCUT2D eigenvalue weighted by molar-refractivity contribution is 5.30. The minimum atomic E-state index is 0.302. The third-order valence-corrected chi connectivity index (χ3v) is 2.50. The van der Waals surface area contributed by atoms with Crippen LogP contribution in [0.25, 0.3) is 0 Å². The zero-order chi connectivity index (χ0) is 11.8. The van der Waals surface area contributed by atoms with Gasteiger partial charge in [0.05, 0.1) is 6.61 Å². The number of nitrogens with one attached hydrogen (secondary N) is 1. The molecule has 1 unspecified atom stereocenters. The molecule has 0 bridgehead atoms. The normalized spacial score (nSPS) is 11.8. The van der Waals surface area contributed by atoms with Crippen LogP contribution in [0.1, 0.15) is 31.4 Å². The van der Waals surface area contributed by atoms with Crippen LogP contribution in [0.5, 0.6) is 5.75 Å². The van der Waals surface area contributed by atoms with Gasteiger partial charge < -0.3 is 10.1 Å². The Morgan fingerprint density at radius 1 is 1.50 bits per heavy atom. The van der Waals surface area contributed by atoms with Crippen molar-refractivity contribution in [3.8, 4) is 18.1 Å². The summed E-state index contributed by atoms with van der Waals surface area (Å²) in [5.41, 5.74) is 1.23. The number of ether oxygens (including phenoxy) is 1. The molecule has 16 heavy (non-hydrogen) atoms. The van der Waals surface area contributed by atoms with Crippen molar-refractivity contribution in [3.05, 3.63) is 29.8 Å². The zero-order valence-electron chi connectivity index (χ0n) is 9.99. The molecule has 1 atom stereocenters. The Morgan fingerprint density at radius 2 is 2.31 bits per heavy atom. The lowest BCUT2D eigenvalue weighted by Crippen LogP contribution is -2.16. The van der Waals surface area contributed by atoms with Gasteiger partial charge >= 0.3 is 0 Å². The lowest BCUT2D eigenvalue weighted by Gasteiger charge is -2.16. The van der Waals surface area contributed by atoms with E-state index in [1.165, 1.54) is 5.56 Å². The van der Waals surface area contributed by atoms with Gasteiger partial charge in [-0.3, -0.25) is 0 Å². The number of hydrogen-bond donors (Lipinski definition) is 1. The summed E-state index contributed by atoms with van der Waals surface area (Å²) in [6, 6.07) is 8.46. The minimum Gasteiger partial charge on any atom is -0.494 e. The Balaban J connectivity index is 2.75. The van der Waals surface area contributed by atoms with Crippen LogP contribution >= 0.6 is 0 Å². The summed E-state index contributed by atoms with van der Waals surface area (Å²) in [7, 11) is 1.95. The molecule has 1 aromatic rings. The SMILES string of the molecule is C#CCCC(NC)c1cccc(OCC)c1. The van der Waals surface area contributed by atoms with Gasteiger partial charge in [-0.2, -0.15) is 0 Å². The van der Waals surface area contributed by atoms with Gasteiger partial charge in [0.1, 0.15) is 5.75 Å². The molecule has 2 heteroatoms. The van der Waals surface area contributed by atoms with Crippen LogP contribution in [0.4, 0.5) is 0 Å².